The summed E-state index contributed by atoms with van der Waals surface area (Å²) >= 11 is 5.92. The summed E-state index contributed by atoms with van der Waals surface area (Å²) in [5.74, 6) is 0.475. The maximum absolute atomic E-state index is 12.2. The molecule has 2 aliphatic rings. The molecule has 136 valence electrons. The van der Waals surface area contributed by atoms with E-state index in [1.807, 2.05) is 36.4 Å². The van der Waals surface area contributed by atoms with Gasteiger partial charge in [0, 0.05) is 11.1 Å². The molecule has 0 spiro atoms. The highest BCUT2D eigenvalue weighted by molar-refractivity contribution is 6.30. The van der Waals surface area contributed by atoms with Gasteiger partial charge in [-0.25, -0.2) is 4.79 Å². The molecule has 0 radical (unpaired) electrons. The number of hydrogen-bond acceptors (Lipinski definition) is 2. The molecule has 26 heavy (non-hydrogen) atoms. The SMILES string of the molecule is O=C(NCC1(O)CCc2ccccc21)NC1CC(c2ccc(Cl)cc2)C1. The number of carbonyl (C=O) groups excluding carboxylic acids is 1. The van der Waals surface area contributed by atoms with Gasteiger partial charge in [-0.05, 0) is 60.4 Å². The summed E-state index contributed by atoms with van der Waals surface area (Å²) in [7, 11) is 0. The van der Waals surface area contributed by atoms with E-state index in [0.717, 1.165) is 29.8 Å². The van der Waals surface area contributed by atoms with Gasteiger partial charge in [0.25, 0.3) is 0 Å². The number of aryl methyl sites for hydroxylation is 1. The number of nitrogens with one attached hydrogen (secondary N) is 2. The first-order valence-electron chi connectivity index (χ1n) is 9.14. The molecule has 0 bridgehead atoms. The van der Waals surface area contributed by atoms with Crippen LogP contribution in [0.3, 0.4) is 0 Å². The Morgan fingerprint density at radius 2 is 1.88 bits per heavy atom. The van der Waals surface area contributed by atoms with Crippen molar-refractivity contribution in [2.75, 3.05) is 6.54 Å². The highest BCUT2D eigenvalue weighted by Gasteiger charge is 2.37. The van der Waals surface area contributed by atoms with Crippen LogP contribution in [-0.2, 0) is 12.0 Å². The summed E-state index contributed by atoms with van der Waals surface area (Å²) in [6.45, 7) is 0.239. The fraction of sp³-hybridized carbons (Fsp3) is 0.381. The van der Waals surface area contributed by atoms with Crippen molar-refractivity contribution < 1.29 is 9.90 Å². The average Bonchev–Trinajstić information content (AvgIpc) is 2.95. The van der Waals surface area contributed by atoms with Crippen LogP contribution in [0.1, 0.15) is 41.9 Å². The predicted molar refractivity (Wildman–Crippen MR) is 102 cm³/mol. The number of hydrogen-bond donors (Lipinski definition) is 3. The molecule has 2 aliphatic carbocycles. The lowest BCUT2D eigenvalue weighted by Crippen LogP contribution is -2.50. The zero-order valence-electron chi connectivity index (χ0n) is 14.5. The number of amides is 2. The van der Waals surface area contributed by atoms with E-state index in [9.17, 15) is 9.90 Å². The van der Waals surface area contributed by atoms with Crippen molar-refractivity contribution >= 4 is 17.6 Å². The van der Waals surface area contributed by atoms with Crippen molar-refractivity contribution in [3.8, 4) is 0 Å². The van der Waals surface area contributed by atoms with Gasteiger partial charge in [0.05, 0.1) is 6.54 Å². The monoisotopic (exact) mass is 370 g/mol. The molecule has 0 heterocycles. The van der Waals surface area contributed by atoms with E-state index in [0.29, 0.717) is 12.3 Å². The van der Waals surface area contributed by atoms with E-state index in [2.05, 4.69) is 22.8 Å². The maximum Gasteiger partial charge on any atom is 0.315 e. The van der Waals surface area contributed by atoms with Gasteiger partial charge >= 0.3 is 6.03 Å². The van der Waals surface area contributed by atoms with E-state index in [1.165, 1.54) is 11.1 Å². The molecular formula is C21H23ClN2O2. The molecule has 2 amide bonds. The minimum atomic E-state index is -0.959. The van der Waals surface area contributed by atoms with E-state index in [1.54, 1.807) is 0 Å². The Bertz CT molecular complexity index is 802. The van der Waals surface area contributed by atoms with Crippen LogP contribution in [0.2, 0.25) is 5.02 Å². The molecular weight excluding hydrogens is 348 g/mol. The van der Waals surface area contributed by atoms with Crippen LogP contribution >= 0.6 is 11.6 Å². The first-order valence-corrected chi connectivity index (χ1v) is 9.52. The molecule has 4 nitrogen and oxygen atoms in total. The van der Waals surface area contributed by atoms with Gasteiger partial charge < -0.3 is 15.7 Å². The Kier molecular flexibility index (Phi) is 4.63. The van der Waals surface area contributed by atoms with Crippen molar-refractivity contribution in [1.29, 1.82) is 0 Å². The van der Waals surface area contributed by atoms with Gasteiger partial charge in [-0.1, -0.05) is 48.0 Å². The lowest BCUT2D eigenvalue weighted by Gasteiger charge is -2.36. The Balaban J connectivity index is 1.25. The molecule has 0 saturated heterocycles. The standard InChI is InChI=1S/C21H23ClN2O2/c22-17-7-5-14(6-8-17)16-11-18(12-16)24-20(25)23-13-21(26)10-9-15-3-1-2-4-19(15)21/h1-8,16,18,26H,9-13H2,(H2,23,24,25). The van der Waals surface area contributed by atoms with E-state index in [-0.39, 0.29) is 18.6 Å². The van der Waals surface area contributed by atoms with Crippen molar-refractivity contribution in [2.24, 2.45) is 0 Å². The largest absolute Gasteiger partial charge is 0.383 e. The summed E-state index contributed by atoms with van der Waals surface area (Å²) in [5, 5.41) is 17.5. The van der Waals surface area contributed by atoms with Gasteiger partial charge in [-0.2, -0.15) is 0 Å². The van der Waals surface area contributed by atoms with Crippen molar-refractivity contribution in [3.63, 3.8) is 0 Å². The van der Waals surface area contributed by atoms with Gasteiger partial charge in [0.15, 0.2) is 0 Å². The molecule has 0 aliphatic heterocycles. The molecule has 1 atom stereocenters. The van der Waals surface area contributed by atoms with Crippen molar-refractivity contribution in [1.82, 2.24) is 10.6 Å². The summed E-state index contributed by atoms with van der Waals surface area (Å²) < 4.78 is 0. The second-order valence-electron chi connectivity index (χ2n) is 7.43. The Labute approximate surface area is 158 Å². The van der Waals surface area contributed by atoms with Gasteiger partial charge in [0.1, 0.15) is 5.60 Å². The van der Waals surface area contributed by atoms with Crippen molar-refractivity contribution in [3.05, 3.63) is 70.2 Å². The number of urea groups is 1. The number of benzene rings is 2. The molecule has 5 heteroatoms. The van der Waals surface area contributed by atoms with Crippen LogP contribution in [-0.4, -0.2) is 23.7 Å². The van der Waals surface area contributed by atoms with Gasteiger partial charge in [0.2, 0.25) is 0 Å². The van der Waals surface area contributed by atoms with Crippen LogP contribution in [0, 0.1) is 0 Å². The summed E-state index contributed by atoms with van der Waals surface area (Å²) in [6, 6.07) is 15.8. The Morgan fingerprint density at radius 3 is 2.65 bits per heavy atom. The smallest absolute Gasteiger partial charge is 0.315 e. The number of rotatable bonds is 4. The number of halogens is 1. The third-order valence-electron chi connectivity index (χ3n) is 5.68. The predicted octanol–water partition coefficient (Wildman–Crippen LogP) is 3.72. The third-order valence-corrected chi connectivity index (χ3v) is 5.93. The highest BCUT2D eigenvalue weighted by atomic mass is 35.5. The summed E-state index contributed by atoms with van der Waals surface area (Å²) in [6.07, 6.45) is 3.36. The van der Waals surface area contributed by atoms with Crippen LogP contribution in [0.4, 0.5) is 4.79 Å². The fourth-order valence-electron chi connectivity index (χ4n) is 4.06. The summed E-state index contributed by atoms with van der Waals surface area (Å²) in [5.41, 5.74) is 2.41. The van der Waals surface area contributed by atoms with Gasteiger partial charge in [-0.15, -0.1) is 0 Å². The van der Waals surface area contributed by atoms with Crippen molar-refractivity contribution in [2.45, 2.75) is 43.2 Å². The number of carbonyl (C=O) groups is 1. The second-order valence-corrected chi connectivity index (χ2v) is 7.87. The normalized spacial score (nSPS) is 26.7. The topological polar surface area (TPSA) is 61.4 Å². The average molecular weight is 371 g/mol. The lowest BCUT2D eigenvalue weighted by molar-refractivity contribution is 0.0409. The molecule has 2 aromatic carbocycles. The Morgan fingerprint density at radius 1 is 1.15 bits per heavy atom. The fourth-order valence-corrected chi connectivity index (χ4v) is 4.18. The zero-order chi connectivity index (χ0) is 18.1. The third kappa shape index (κ3) is 3.44. The van der Waals surface area contributed by atoms with Crippen LogP contribution in [0.25, 0.3) is 0 Å². The maximum atomic E-state index is 12.2. The first kappa shape index (κ1) is 17.4. The molecule has 0 aromatic heterocycles. The second kappa shape index (κ2) is 6.93. The van der Waals surface area contributed by atoms with Gasteiger partial charge in [-0.3, -0.25) is 0 Å². The molecule has 1 fully saturated rings. The molecule has 4 rings (SSSR count). The molecule has 3 N–H and O–H groups in total. The van der Waals surface area contributed by atoms with E-state index >= 15 is 0 Å². The zero-order valence-corrected chi connectivity index (χ0v) is 15.3. The van der Waals surface area contributed by atoms with Crippen LogP contribution < -0.4 is 10.6 Å². The molecule has 1 saturated carbocycles. The minimum absolute atomic E-state index is 0.182. The first-order chi connectivity index (χ1) is 12.5. The quantitative estimate of drug-likeness (QED) is 0.768. The van der Waals surface area contributed by atoms with Crippen LogP contribution in [0.15, 0.2) is 48.5 Å². The van der Waals surface area contributed by atoms with E-state index < -0.39 is 5.60 Å². The Hall–Kier alpha value is -2.04. The highest BCUT2D eigenvalue weighted by Crippen LogP contribution is 2.38. The summed E-state index contributed by atoms with van der Waals surface area (Å²) in [4.78, 5) is 12.2. The van der Waals surface area contributed by atoms with Crippen LogP contribution in [0.5, 0.6) is 0 Å². The minimum Gasteiger partial charge on any atom is -0.383 e. The van der Waals surface area contributed by atoms with E-state index in [4.69, 9.17) is 11.6 Å². The number of fused-ring (bicyclic) bond motifs is 1. The molecule has 1 unspecified atom stereocenters. The number of aliphatic hydroxyl groups is 1. The molecule has 2 aromatic rings. The lowest BCUT2D eigenvalue weighted by atomic mass is 9.76.